The number of rotatable bonds is 5. The van der Waals surface area contributed by atoms with Crippen molar-refractivity contribution in [2.24, 2.45) is 0 Å². The first-order valence-corrected chi connectivity index (χ1v) is 8.56. The van der Waals surface area contributed by atoms with E-state index in [0.717, 1.165) is 17.0 Å². The van der Waals surface area contributed by atoms with Crippen LogP contribution in [-0.2, 0) is 14.3 Å². The lowest BCUT2D eigenvalue weighted by atomic mass is 10.1. The summed E-state index contributed by atoms with van der Waals surface area (Å²) in [4.78, 5) is 49.5. The van der Waals surface area contributed by atoms with Gasteiger partial charge < -0.3 is 10.1 Å². The number of hydrogen-bond acceptors (Lipinski definition) is 5. The molecule has 144 valence electrons. The van der Waals surface area contributed by atoms with Crippen LogP contribution in [0.25, 0.3) is 0 Å². The summed E-state index contributed by atoms with van der Waals surface area (Å²) in [6.45, 7) is 0.689. The number of nitrogens with one attached hydrogen (secondary N) is 1. The van der Waals surface area contributed by atoms with Gasteiger partial charge in [0.1, 0.15) is 12.4 Å². The van der Waals surface area contributed by atoms with E-state index in [1.807, 2.05) is 0 Å². The number of halogens is 2. The summed E-state index contributed by atoms with van der Waals surface area (Å²) in [6, 6.07) is 9.60. The van der Waals surface area contributed by atoms with Crippen LogP contribution in [0.5, 0.6) is 0 Å². The lowest BCUT2D eigenvalue weighted by Gasteiger charge is -2.17. The lowest BCUT2D eigenvalue weighted by molar-refractivity contribution is -0.153. The third-order valence-electron chi connectivity index (χ3n) is 4.03. The van der Waals surface area contributed by atoms with E-state index in [2.05, 4.69) is 5.32 Å². The first kappa shape index (κ1) is 19.5. The standard InChI is InChI=1S/C19H14ClFN2O5/c1-10(17(25)22-15-7-6-11(21)8-14(15)20)28-16(24)9-23-18(26)12-4-2-3-5-13(12)19(23)27/h2-8,10H,9H2,1H3,(H,22,25)/t10-/m1/s1. The minimum atomic E-state index is -1.23. The molecule has 1 aliphatic heterocycles. The molecule has 2 aromatic carbocycles. The first-order chi connectivity index (χ1) is 13.3. The Hall–Kier alpha value is -3.26. The average Bonchev–Trinajstić information content (AvgIpc) is 2.89. The number of imide groups is 1. The van der Waals surface area contributed by atoms with Gasteiger partial charge in [0, 0.05) is 0 Å². The van der Waals surface area contributed by atoms with Crippen molar-refractivity contribution in [3.05, 3.63) is 64.4 Å². The molecule has 0 aromatic heterocycles. The minimum Gasteiger partial charge on any atom is -0.451 e. The fourth-order valence-electron chi connectivity index (χ4n) is 2.63. The molecule has 1 atom stereocenters. The molecule has 28 heavy (non-hydrogen) atoms. The quantitative estimate of drug-likeness (QED) is 0.611. The molecule has 2 aromatic rings. The molecule has 9 heteroatoms. The first-order valence-electron chi connectivity index (χ1n) is 8.18. The van der Waals surface area contributed by atoms with E-state index >= 15 is 0 Å². The van der Waals surface area contributed by atoms with Crippen molar-refractivity contribution in [1.29, 1.82) is 0 Å². The number of amides is 3. The molecule has 0 aliphatic carbocycles. The highest BCUT2D eigenvalue weighted by atomic mass is 35.5. The van der Waals surface area contributed by atoms with Gasteiger partial charge in [-0.1, -0.05) is 23.7 Å². The lowest BCUT2D eigenvalue weighted by Crippen LogP contribution is -2.38. The molecule has 0 spiro atoms. The maximum absolute atomic E-state index is 13.0. The summed E-state index contributed by atoms with van der Waals surface area (Å²) >= 11 is 5.83. The van der Waals surface area contributed by atoms with Crippen molar-refractivity contribution in [1.82, 2.24) is 4.90 Å². The van der Waals surface area contributed by atoms with Gasteiger partial charge in [-0.2, -0.15) is 0 Å². The van der Waals surface area contributed by atoms with Crippen molar-refractivity contribution in [3.63, 3.8) is 0 Å². The van der Waals surface area contributed by atoms with E-state index < -0.39 is 42.2 Å². The van der Waals surface area contributed by atoms with Crippen LogP contribution in [-0.4, -0.2) is 41.2 Å². The second-order valence-corrected chi connectivity index (χ2v) is 6.39. The van der Waals surface area contributed by atoms with Gasteiger partial charge in [-0.15, -0.1) is 0 Å². The fraction of sp³-hybridized carbons (Fsp3) is 0.158. The Morgan fingerprint density at radius 2 is 1.75 bits per heavy atom. The van der Waals surface area contributed by atoms with Crippen LogP contribution in [0.1, 0.15) is 27.6 Å². The predicted molar refractivity (Wildman–Crippen MR) is 97.4 cm³/mol. The highest BCUT2D eigenvalue weighted by Crippen LogP contribution is 2.23. The fourth-order valence-corrected chi connectivity index (χ4v) is 2.84. The molecular weight excluding hydrogens is 391 g/mol. The van der Waals surface area contributed by atoms with Crippen LogP contribution in [0.15, 0.2) is 42.5 Å². The number of benzene rings is 2. The molecule has 0 unspecified atom stereocenters. The average molecular weight is 405 g/mol. The zero-order valence-corrected chi connectivity index (χ0v) is 15.3. The molecule has 3 rings (SSSR count). The maximum atomic E-state index is 13.0. The van der Waals surface area contributed by atoms with E-state index in [0.29, 0.717) is 0 Å². The van der Waals surface area contributed by atoms with Gasteiger partial charge in [-0.3, -0.25) is 24.1 Å². The van der Waals surface area contributed by atoms with Gasteiger partial charge in [0.2, 0.25) is 0 Å². The third-order valence-corrected chi connectivity index (χ3v) is 4.34. The molecule has 3 amide bonds. The molecule has 0 saturated carbocycles. The monoisotopic (exact) mass is 404 g/mol. The summed E-state index contributed by atoms with van der Waals surface area (Å²) in [5.74, 6) is -3.41. The van der Waals surface area contributed by atoms with Crippen molar-refractivity contribution >= 4 is 41.0 Å². The number of esters is 1. The number of fused-ring (bicyclic) bond motifs is 1. The molecule has 1 N–H and O–H groups in total. The molecule has 7 nitrogen and oxygen atoms in total. The number of anilines is 1. The summed E-state index contributed by atoms with van der Waals surface area (Å²) in [6.07, 6.45) is -1.23. The molecule has 0 bridgehead atoms. The van der Waals surface area contributed by atoms with Gasteiger partial charge in [0.05, 0.1) is 21.8 Å². The molecule has 0 fully saturated rings. The van der Waals surface area contributed by atoms with Gasteiger partial charge in [-0.25, -0.2) is 4.39 Å². The van der Waals surface area contributed by atoms with Crippen LogP contribution < -0.4 is 5.32 Å². The molecule has 1 aliphatic rings. The summed E-state index contributed by atoms with van der Waals surface area (Å²) in [5, 5.41) is 2.39. The Labute approximate surface area is 164 Å². The Morgan fingerprint density at radius 3 is 2.32 bits per heavy atom. The second-order valence-electron chi connectivity index (χ2n) is 5.99. The third kappa shape index (κ3) is 3.86. The number of carbonyl (C=O) groups is 4. The number of nitrogens with zero attached hydrogens (tertiary/aromatic N) is 1. The Balaban J connectivity index is 1.59. The summed E-state index contributed by atoms with van der Waals surface area (Å²) < 4.78 is 18.0. The minimum absolute atomic E-state index is 0.0158. The zero-order valence-electron chi connectivity index (χ0n) is 14.6. The molecule has 0 radical (unpaired) electrons. The Kier molecular flexibility index (Phi) is 5.41. The highest BCUT2D eigenvalue weighted by molar-refractivity contribution is 6.33. The summed E-state index contributed by atoms with van der Waals surface area (Å²) in [5.41, 5.74) is 0.561. The smallest absolute Gasteiger partial charge is 0.326 e. The number of ether oxygens (including phenoxy) is 1. The van der Waals surface area contributed by atoms with Gasteiger partial charge >= 0.3 is 5.97 Å². The van der Waals surface area contributed by atoms with Crippen LogP contribution in [0.2, 0.25) is 5.02 Å². The predicted octanol–water partition coefficient (Wildman–Crippen LogP) is 2.65. The van der Waals surface area contributed by atoms with Crippen molar-refractivity contribution in [2.75, 3.05) is 11.9 Å². The van der Waals surface area contributed by atoms with E-state index in [4.69, 9.17) is 16.3 Å². The van der Waals surface area contributed by atoms with E-state index in [9.17, 15) is 23.6 Å². The van der Waals surface area contributed by atoms with Crippen LogP contribution in [0.3, 0.4) is 0 Å². The molecule has 0 saturated heterocycles. The maximum Gasteiger partial charge on any atom is 0.326 e. The normalized spacial score (nSPS) is 13.9. The largest absolute Gasteiger partial charge is 0.451 e. The van der Waals surface area contributed by atoms with Gasteiger partial charge in [-0.05, 0) is 37.3 Å². The van der Waals surface area contributed by atoms with E-state index in [1.54, 1.807) is 12.1 Å². The zero-order chi connectivity index (χ0) is 20.4. The SMILES string of the molecule is C[C@@H](OC(=O)CN1C(=O)c2ccccc2C1=O)C(=O)Nc1ccc(F)cc1Cl. The highest BCUT2D eigenvalue weighted by Gasteiger charge is 2.37. The number of hydrogen-bond donors (Lipinski definition) is 1. The van der Waals surface area contributed by atoms with Crippen molar-refractivity contribution in [3.8, 4) is 0 Å². The van der Waals surface area contributed by atoms with Crippen molar-refractivity contribution < 1.29 is 28.3 Å². The van der Waals surface area contributed by atoms with Crippen LogP contribution in [0, 0.1) is 5.82 Å². The Morgan fingerprint density at radius 1 is 1.14 bits per heavy atom. The van der Waals surface area contributed by atoms with E-state index in [-0.39, 0.29) is 21.8 Å². The van der Waals surface area contributed by atoms with E-state index in [1.165, 1.54) is 25.1 Å². The Bertz CT molecular complexity index is 959. The van der Waals surface area contributed by atoms with Gasteiger partial charge in [0.15, 0.2) is 6.10 Å². The summed E-state index contributed by atoms with van der Waals surface area (Å²) in [7, 11) is 0. The van der Waals surface area contributed by atoms with Crippen LogP contribution >= 0.6 is 11.6 Å². The second kappa shape index (κ2) is 7.77. The van der Waals surface area contributed by atoms with Crippen LogP contribution in [0.4, 0.5) is 10.1 Å². The topological polar surface area (TPSA) is 92.8 Å². The van der Waals surface area contributed by atoms with Crippen molar-refractivity contribution in [2.45, 2.75) is 13.0 Å². The number of carbonyl (C=O) groups excluding carboxylic acids is 4. The van der Waals surface area contributed by atoms with Gasteiger partial charge in [0.25, 0.3) is 17.7 Å². The molecular formula is C19H14ClFN2O5. The molecule has 1 heterocycles.